The zero-order chi connectivity index (χ0) is 15.6. The van der Waals surface area contributed by atoms with Gasteiger partial charge in [0.05, 0.1) is 11.0 Å². The van der Waals surface area contributed by atoms with E-state index in [0.29, 0.717) is 5.39 Å². The molecule has 0 aliphatic heterocycles. The molecular weight excluding hydrogens is 268 g/mol. The SMILES string of the molecule is CC(C)(CNC(=O)c1ccc2ccccc2c1O)C(N)=O. The molecule has 110 valence electrons. The van der Waals surface area contributed by atoms with Crippen molar-refractivity contribution in [2.24, 2.45) is 11.1 Å². The minimum Gasteiger partial charge on any atom is -0.506 e. The van der Waals surface area contributed by atoms with Gasteiger partial charge in [-0.3, -0.25) is 9.59 Å². The molecule has 0 atom stereocenters. The monoisotopic (exact) mass is 286 g/mol. The van der Waals surface area contributed by atoms with Crippen molar-refractivity contribution >= 4 is 22.6 Å². The van der Waals surface area contributed by atoms with Gasteiger partial charge >= 0.3 is 0 Å². The first-order valence-corrected chi connectivity index (χ1v) is 6.62. The summed E-state index contributed by atoms with van der Waals surface area (Å²) < 4.78 is 0. The molecule has 0 heterocycles. The predicted molar refractivity (Wildman–Crippen MR) is 80.9 cm³/mol. The smallest absolute Gasteiger partial charge is 0.255 e. The lowest BCUT2D eigenvalue weighted by Gasteiger charge is -2.21. The number of primary amides is 1. The highest BCUT2D eigenvalue weighted by Gasteiger charge is 2.26. The van der Waals surface area contributed by atoms with Gasteiger partial charge in [0.2, 0.25) is 5.91 Å². The number of amides is 2. The van der Waals surface area contributed by atoms with Gasteiger partial charge < -0.3 is 16.2 Å². The highest BCUT2D eigenvalue weighted by Crippen LogP contribution is 2.28. The number of aromatic hydroxyl groups is 1. The van der Waals surface area contributed by atoms with Gasteiger partial charge in [-0.05, 0) is 25.3 Å². The van der Waals surface area contributed by atoms with Crippen LogP contribution in [0.25, 0.3) is 10.8 Å². The van der Waals surface area contributed by atoms with E-state index in [2.05, 4.69) is 5.32 Å². The second-order valence-corrected chi connectivity index (χ2v) is 5.61. The standard InChI is InChI=1S/C16H18N2O3/c1-16(2,15(17)21)9-18-14(20)12-8-7-10-5-3-4-6-11(10)13(12)19/h3-8,19H,9H2,1-2H3,(H2,17,21)(H,18,20). The molecule has 0 spiro atoms. The first-order chi connectivity index (χ1) is 9.83. The van der Waals surface area contributed by atoms with E-state index in [-0.39, 0.29) is 17.9 Å². The van der Waals surface area contributed by atoms with Crippen LogP contribution in [0.3, 0.4) is 0 Å². The Labute approximate surface area is 122 Å². The molecule has 0 unspecified atom stereocenters. The number of rotatable bonds is 4. The number of hydrogen-bond acceptors (Lipinski definition) is 3. The first-order valence-electron chi connectivity index (χ1n) is 6.62. The van der Waals surface area contributed by atoms with Gasteiger partial charge in [0.15, 0.2) is 0 Å². The number of benzene rings is 2. The molecule has 5 heteroatoms. The van der Waals surface area contributed by atoms with Crippen LogP contribution in [0.2, 0.25) is 0 Å². The molecule has 21 heavy (non-hydrogen) atoms. The van der Waals surface area contributed by atoms with Crippen molar-refractivity contribution in [3.8, 4) is 5.75 Å². The molecule has 2 aromatic rings. The minimum absolute atomic E-state index is 0.0671. The number of nitrogens with one attached hydrogen (secondary N) is 1. The van der Waals surface area contributed by atoms with Gasteiger partial charge in [-0.2, -0.15) is 0 Å². The van der Waals surface area contributed by atoms with Gasteiger partial charge in [0, 0.05) is 11.9 Å². The maximum Gasteiger partial charge on any atom is 0.255 e. The van der Waals surface area contributed by atoms with Gasteiger partial charge in [-0.25, -0.2) is 0 Å². The van der Waals surface area contributed by atoms with E-state index in [1.54, 1.807) is 38.1 Å². The molecule has 4 N–H and O–H groups in total. The molecule has 2 amide bonds. The average molecular weight is 286 g/mol. The normalized spacial score (nSPS) is 11.3. The van der Waals surface area contributed by atoms with E-state index in [1.165, 1.54) is 0 Å². The third-order valence-corrected chi connectivity index (χ3v) is 3.50. The Bertz CT molecular complexity index is 708. The van der Waals surface area contributed by atoms with Crippen LogP contribution < -0.4 is 11.1 Å². The van der Waals surface area contributed by atoms with Crippen LogP contribution in [-0.4, -0.2) is 23.5 Å². The highest BCUT2D eigenvalue weighted by molar-refractivity contribution is 6.03. The van der Waals surface area contributed by atoms with Crippen molar-refractivity contribution in [3.05, 3.63) is 42.0 Å². The lowest BCUT2D eigenvalue weighted by Crippen LogP contribution is -2.42. The Hall–Kier alpha value is -2.56. The molecule has 2 aromatic carbocycles. The third-order valence-electron chi connectivity index (χ3n) is 3.50. The van der Waals surface area contributed by atoms with Crippen LogP contribution in [-0.2, 0) is 4.79 Å². The van der Waals surface area contributed by atoms with Gasteiger partial charge in [0.25, 0.3) is 5.91 Å². The van der Waals surface area contributed by atoms with Gasteiger partial charge in [0.1, 0.15) is 5.75 Å². The summed E-state index contributed by atoms with van der Waals surface area (Å²) in [6.45, 7) is 3.40. The molecule has 0 saturated heterocycles. The van der Waals surface area contributed by atoms with Crippen LogP contribution in [0.1, 0.15) is 24.2 Å². The Morgan fingerprint density at radius 2 is 1.86 bits per heavy atom. The van der Waals surface area contributed by atoms with E-state index in [4.69, 9.17) is 5.73 Å². The molecular formula is C16H18N2O3. The lowest BCUT2D eigenvalue weighted by atomic mass is 9.92. The molecule has 0 bridgehead atoms. The number of carbonyl (C=O) groups is 2. The summed E-state index contributed by atoms with van der Waals surface area (Å²) in [6, 6.07) is 10.6. The fraction of sp³-hybridized carbons (Fsp3) is 0.250. The van der Waals surface area contributed by atoms with Crippen LogP contribution in [0.5, 0.6) is 5.75 Å². The van der Waals surface area contributed by atoms with E-state index in [0.717, 1.165) is 5.39 Å². The summed E-state index contributed by atoms with van der Waals surface area (Å²) >= 11 is 0. The molecule has 5 nitrogen and oxygen atoms in total. The number of phenols is 1. The number of fused-ring (bicyclic) bond motifs is 1. The van der Waals surface area contributed by atoms with Crippen molar-refractivity contribution in [1.82, 2.24) is 5.32 Å². The highest BCUT2D eigenvalue weighted by atomic mass is 16.3. The molecule has 2 rings (SSSR count). The summed E-state index contributed by atoms with van der Waals surface area (Å²) in [6.07, 6.45) is 0. The van der Waals surface area contributed by atoms with E-state index in [9.17, 15) is 14.7 Å². The summed E-state index contributed by atoms with van der Waals surface area (Å²) in [5.74, 6) is -0.999. The predicted octanol–water partition coefficient (Wildman–Crippen LogP) is 1.79. The summed E-state index contributed by atoms with van der Waals surface area (Å²) in [5, 5.41) is 14.3. The lowest BCUT2D eigenvalue weighted by molar-refractivity contribution is -0.125. The maximum atomic E-state index is 12.2. The molecule has 0 radical (unpaired) electrons. The molecule has 0 aliphatic carbocycles. The van der Waals surface area contributed by atoms with Crippen molar-refractivity contribution < 1.29 is 14.7 Å². The summed E-state index contributed by atoms with van der Waals surface area (Å²) in [5.41, 5.74) is 4.59. The van der Waals surface area contributed by atoms with Crippen LogP contribution in [0.4, 0.5) is 0 Å². The van der Waals surface area contributed by atoms with Crippen molar-refractivity contribution in [3.63, 3.8) is 0 Å². The average Bonchev–Trinajstić information content (AvgIpc) is 2.45. The fourth-order valence-corrected chi connectivity index (χ4v) is 1.92. The number of hydrogen-bond donors (Lipinski definition) is 3. The second-order valence-electron chi connectivity index (χ2n) is 5.61. The van der Waals surface area contributed by atoms with Crippen molar-refractivity contribution in [2.75, 3.05) is 6.54 Å². The Morgan fingerprint density at radius 3 is 2.52 bits per heavy atom. The fourth-order valence-electron chi connectivity index (χ4n) is 1.92. The molecule has 0 aliphatic rings. The van der Waals surface area contributed by atoms with E-state index in [1.807, 2.05) is 12.1 Å². The van der Waals surface area contributed by atoms with Crippen LogP contribution >= 0.6 is 0 Å². The zero-order valence-electron chi connectivity index (χ0n) is 12.0. The molecule has 0 fully saturated rings. The van der Waals surface area contributed by atoms with Gasteiger partial charge in [-0.15, -0.1) is 0 Å². The minimum atomic E-state index is -0.845. The second kappa shape index (κ2) is 5.44. The summed E-state index contributed by atoms with van der Waals surface area (Å²) in [4.78, 5) is 23.4. The van der Waals surface area contributed by atoms with Crippen molar-refractivity contribution in [2.45, 2.75) is 13.8 Å². The Kier molecular flexibility index (Phi) is 3.84. The zero-order valence-corrected chi connectivity index (χ0v) is 12.0. The van der Waals surface area contributed by atoms with Gasteiger partial charge in [-0.1, -0.05) is 30.3 Å². The van der Waals surface area contributed by atoms with E-state index < -0.39 is 17.2 Å². The van der Waals surface area contributed by atoms with Crippen LogP contribution in [0, 0.1) is 5.41 Å². The van der Waals surface area contributed by atoms with Crippen molar-refractivity contribution in [1.29, 1.82) is 0 Å². The summed E-state index contributed by atoms with van der Waals surface area (Å²) in [7, 11) is 0. The quantitative estimate of drug-likeness (QED) is 0.800. The number of carbonyl (C=O) groups excluding carboxylic acids is 2. The Morgan fingerprint density at radius 1 is 1.19 bits per heavy atom. The van der Waals surface area contributed by atoms with Crippen LogP contribution in [0.15, 0.2) is 36.4 Å². The molecule has 0 aromatic heterocycles. The first kappa shape index (κ1) is 14.8. The molecule has 0 saturated carbocycles. The number of nitrogens with two attached hydrogens (primary N) is 1. The Balaban J connectivity index is 2.24. The topological polar surface area (TPSA) is 92.4 Å². The largest absolute Gasteiger partial charge is 0.506 e. The third kappa shape index (κ3) is 2.97. The van der Waals surface area contributed by atoms with E-state index >= 15 is 0 Å². The number of phenolic OH excluding ortho intramolecular Hbond substituents is 1. The maximum absolute atomic E-state index is 12.2.